The van der Waals surface area contributed by atoms with Crippen molar-refractivity contribution in [2.24, 2.45) is 0 Å². The van der Waals surface area contributed by atoms with Crippen molar-refractivity contribution in [3.63, 3.8) is 0 Å². The number of nitrogens with one attached hydrogen (secondary N) is 2. The maximum atomic E-state index is 12.2. The Bertz CT molecular complexity index is 957. The molecule has 0 spiro atoms. The summed E-state index contributed by atoms with van der Waals surface area (Å²) in [4.78, 5) is 29.5. The number of rotatable bonds is 3. The van der Waals surface area contributed by atoms with E-state index in [4.69, 9.17) is 4.74 Å². The molecule has 2 aliphatic heterocycles. The molecule has 0 saturated carbocycles. The van der Waals surface area contributed by atoms with Gasteiger partial charge in [-0.05, 0) is 32.0 Å². The summed E-state index contributed by atoms with van der Waals surface area (Å²) in [5, 5.41) is 7.42. The normalized spacial score (nSPS) is 17.9. The van der Waals surface area contributed by atoms with Crippen LogP contribution < -0.4 is 15.5 Å². The Morgan fingerprint density at radius 2 is 2.04 bits per heavy atom. The van der Waals surface area contributed by atoms with Crippen LogP contribution in [0.15, 0.2) is 30.6 Å². The van der Waals surface area contributed by atoms with E-state index in [1.54, 1.807) is 17.3 Å². The lowest BCUT2D eigenvalue weighted by Crippen LogP contribution is -2.49. The molecule has 1 aromatic carbocycles. The van der Waals surface area contributed by atoms with Crippen LogP contribution in [0.5, 0.6) is 0 Å². The first kappa shape index (κ1) is 18.4. The lowest BCUT2D eigenvalue weighted by atomic mass is 10.0. The van der Waals surface area contributed by atoms with E-state index < -0.39 is 6.03 Å². The number of carbonyl (C=O) groups is 2. The highest BCUT2D eigenvalue weighted by atomic mass is 16.5. The van der Waals surface area contributed by atoms with Gasteiger partial charge in [-0.2, -0.15) is 0 Å². The number of fused-ring (bicyclic) bond motifs is 1. The number of aromatic nitrogens is 1. The van der Waals surface area contributed by atoms with Gasteiger partial charge in [0.1, 0.15) is 6.61 Å². The predicted octanol–water partition coefficient (Wildman–Crippen LogP) is 1.80. The van der Waals surface area contributed by atoms with Crippen molar-refractivity contribution in [1.82, 2.24) is 15.6 Å². The van der Waals surface area contributed by atoms with Gasteiger partial charge in [-0.1, -0.05) is 24.0 Å². The molecule has 2 saturated heterocycles. The van der Waals surface area contributed by atoms with Crippen LogP contribution in [0.4, 0.5) is 10.5 Å². The summed E-state index contributed by atoms with van der Waals surface area (Å²) >= 11 is 0. The largest absolute Gasteiger partial charge is 0.365 e. The monoisotopic (exact) mass is 378 g/mol. The molecule has 144 valence electrons. The highest BCUT2D eigenvalue weighted by molar-refractivity contribution is 6.10. The fourth-order valence-electron chi connectivity index (χ4n) is 3.55. The van der Waals surface area contributed by atoms with Gasteiger partial charge in [0.2, 0.25) is 5.91 Å². The third-order valence-electron chi connectivity index (χ3n) is 5.03. The van der Waals surface area contributed by atoms with Gasteiger partial charge in [-0.25, -0.2) is 4.79 Å². The molecular weight excluding hydrogens is 356 g/mol. The van der Waals surface area contributed by atoms with Crippen molar-refractivity contribution in [2.45, 2.75) is 25.4 Å². The van der Waals surface area contributed by atoms with E-state index in [1.807, 2.05) is 18.2 Å². The number of carbonyl (C=O) groups excluding carboxylic acids is 2. The smallest absolute Gasteiger partial charge is 0.328 e. The number of anilines is 1. The third kappa shape index (κ3) is 3.98. The average molecular weight is 378 g/mol. The second kappa shape index (κ2) is 8.38. The molecular formula is C21H22N4O3. The van der Waals surface area contributed by atoms with E-state index in [2.05, 4.69) is 27.5 Å². The molecule has 0 unspecified atom stereocenters. The number of pyridine rings is 1. The number of hydrogen-bond acceptors (Lipinski definition) is 5. The Balaban J connectivity index is 1.55. The summed E-state index contributed by atoms with van der Waals surface area (Å²) in [5.41, 5.74) is 1.52. The lowest BCUT2D eigenvalue weighted by molar-refractivity contribution is -0.120. The van der Waals surface area contributed by atoms with Crippen LogP contribution in [-0.4, -0.2) is 49.3 Å². The highest BCUT2D eigenvalue weighted by Gasteiger charge is 2.25. The molecule has 0 bridgehead atoms. The molecule has 3 heterocycles. The number of nitrogens with zero attached hydrogens (tertiary/aromatic N) is 2. The number of ether oxygens (including phenoxy) is 1. The zero-order chi connectivity index (χ0) is 19.3. The second-order valence-corrected chi connectivity index (χ2v) is 6.88. The Labute approximate surface area is 163 Å². The minimum absolute atomic E-state index is 0.255. The summed E-state index contributed by atoms with van der Waals surface area (Å²) < 4.78 is 5.84. The van der Waals surface area contributed by atoms with Crippen molar-refractivity contribution in [3.8, 4) is 11.8 Å². The molecule has 3 amide bonds. The molecule has 0 radical (unpaired) electrons. The van der Waals surface area contributed by atoms with E-state index >= 15 is 0 Å². The van der Waals surface area contributed by atoms with Gasteiger partial charge < -0.3 is 10.1 Å². The standard InChI is InChI=1S/C21H22N4O3/c26-20-8-11-25(21(27)24-20)19-14-23-13-18-15(3-1-5-17(18)19)4-2-12-28-16-6-9-22-10-7-16/h1,3,5,13-14,16,22H,6-12H2,(H,24,26,27). The van der Waals surface area contributed by atoms with E-state index in [9.17, 15) is 9.59 Å². The zero-order valence-corrected chi connectivity index (χ0v) is 15.5. The Hall–Kier alpha value is -2.95. The second-order valence-electron chi connectivity index (χ2n) is 6.88. The van der Waals surface area contributed by atoms with Gasteiger partial charge in [-0.15, -0.1) is 0 Å². The Morgan fingerprint density at radius 3 is 2.86 bits per heavy atom. The first-order valence-electron chi connectivity index (χ1n) is 9.51. The number of hydrogen-bond donors (Lipinski definition) is 2. The highest BCUT2D eigenvalue weighted by Crippen LogP contribution is 2.28. The summed E-state index contributed by atoms with van der Waals surface area (Å²) in [6, 6.07) is 5.37. The molecule has 28 heavy (non-hydrogen) atoms. The summed E-state index contributed by atoms with van der Waals surface area (Å²) in [7, 11) is 0. The van der Waals surface area contributed by atoms with Crippen LogP contribution in [0.3, 0.4) is 0 Å². The maximum Gasteiger partial charge on any atom is 0.328 e. The maximum absolute atomic E-state index is 12.2. The summed E-state index contributed by atoms with van der Waals surface area (Å²) in [6.45, 7) is 2.72. The van der Waals surface area contributed by atoms with E-state index in [1.165, 1.54) is 0 Å². The fraction of sp³-hybridized carbons (Fsp3) is 0.381. The van der Waals surface area contributed by atoms with E-state index in [-0.39, 0.29) is 18.4 Å². The van der Waals surface area contributed by atoms with Crippen molar-refractivity contribution in [1.29, 1.82) is 0 Å². The Morgan fingerprint density at radius 1 is 1.18 bits per heavy atom. The number of urea groups is 1. The third-order valence-corrected chi connectivity index (χ3v) is 5.03. The number of amides is 3. The minimum atomic E-state index is -0.419. The predicted molar refractivity (Wildman–Crippen MR) is 106 cm³/mol. The molecule has 0 aliphatic carbocycles. The molecule has 2 N–H and O–H groups in total. The van der Waals surface area contributed by atoms with Crippen LogP contribution in [0, 0.1) is 11.8 Å². The lowest BCUT2D eigenvalue weighted by Gasteiger charge is -2.27. The molecule has 1 aromatic heterocycles. The molecule has 4 rings (SSSR count). The minimum Gasteiger partial charge on any atom is -0.365 e. The molecule has 0 atom stereocenters. The first-order chi connectivity index (χ1) is 13.7. The SMILES string of the molecule is O=C1CCN(c2cncc3c(C#CCOC4CCNCC4)cccc23)C(=O)N1. The number of imide groups is 1. The van der Waals surface area contributed by atoms with Crippen molar-refractivity contribution in [3.05, 3.63) is 36.2 Å². The van der Waals surface area contributed by atoms with Gasteiger partial charge in [-0.3, -0.25) is 20.0 Å². The van der Waals surface area contributed by atoms with Gasteiger partial charge in [0, 0.05) is 35.5 Å². The van der Waals surface area contributed by atoms with Crippen molar-refractivity contribution in [2.75, 3.05) is 31.1 Å². The number of benzene rings is 1. The van der Waals surface area contributed by atoms with Gasteiger partial charge in [0.15, 0.2) is 0 Å². The number of piperidine rings is 1. The topological polar surface area (TPSA) is 83.6 Å². The van der Waals surface area contributed by atoms with Crippen molar-refractivity contribution >= 4 is 28.4 Å². The van der Waals surface area contributed by atoms with Gasteiger partial charge >= 0.3 is 6.03 Å². The van der Waals surface area contributed by atoms with E-state index in [0.717, 1.165) is 42.3 Å². The van der Waals surface area contributed by atoms with Crippen LogP contribution in [-0.2, 0) is 9.53 Å². The summed E-state index contributed by atoms with van der Waals surface area (Å²) in [5.74, 6) is 6.01. The molecule has 2 aromatic rings. The van der Waals surface area contributed by atoms with Crippen molar-refractivity contribution < 1.29 is 14.3 Å². The van der Waals surface area contributed by atoms with E-state index in [0.29, 0.717) is 18.8 Å². The first-order valence-corrected chi connectivity index (χ1v) is 9.51. The molecule has 7 nitrogen and oxygen atoms in total. The molecule has 2 fully saturated rings. The van der Waals surface area contributed by atoms with Gasteiger partial charge in [0.05, 0.1) is 18.0 Å². The molecule has 7 heteroatoms. The van der Waals surface area contributed by atoms with Gasteiger partial charge in [0.25, 0.3) is 0 Å². The quantitative estimate of drug-likeness (QED) is 0.796. The zero-order valence-electron chi connectivity index (χ0n) is 15.5. The van der Waals surface area contributed by atoms with Crippen LogP contribution in [0.25, 0.3) is 10.8 Å². The van der Waals surface area contributed by atoms with Crippen LogP contribution in [0.2, 0.25) is 0 Å². The fourth-order valence-corrected chi connectivity index (χ4v) is 3.55. The van der Waals surface area contributed by atoms with Crippen LogP contribution in [0.1, 0.15) is 24.8 Å². The summed E-state index contributed by atoms with van der Waals surface area (Å²) in [6.07, 6.45) is 5.98. The average Bonchev–Trinajstić information content (AvgIpc) is 2.72. The molecule has 2 aliphatic rings. The van der Waals surface area contributed by atoms with Crippen LogP contribution >= 0.6 is 0 Å². The Kier molecular flexibility index (Phi) is 5.51.